The Hall–Kier alpha value is -2.82. The maximum atomic E-state index is 12.4. The number of aromatic hydroxyl groups is 1. The number of anilines is 2. The number of benzene rings is 2. The third kappa shape index (κ3) is 4.23. The summed E-state index contributed by atoms with van der Waals surface area (Å²) in [6.45, 7) is 6.34. The van der Waals surface area contributed by atoms with Crippen molar-refractivity contribution in [1.82, 2.24) is 0 Å². The molecule has 1 aliphatic rings. The summed E-state index contributed by atoms with van der Waals surface area (Å²) in [7, 11) is 0. The molecule has 5 heteroatoms. The second-order valence-electron chi connectivity index (χ2n) is 7.78. The smallest absolute Gasteiger partial charge is 0.255 e. The van der Waals surface area contributed by atoms with Gasteiger partial charge in [0.15, 0.2) is 0 Å². The highest BCUT2D eigenvalue weighted by Crippen LogP contribution is 2.32. The summed E-state index contributed by atoms with van der Waals surface area (Å²) in [5.74, 6) is -0.318. The second-order valence-corrected chi connectivity index (χ2v) is 7.78. The highest BCUT2D eigenvalue weighted by molar-refractivity contribution is 6.05. The third-order valence-electron chi connectivity index (χ3n) is 4.47. The fourth-order valence-electron chi connectivity index (χ4n) is 2.62. The molecule has 2 aromatic rings. The second kappa shape index (κ2) is 6.83. The van der Waals surface area contributed by atoms with Crippen molar-refractivity contribution in [2.75, 3.05) is 10.6 Å². The molecule has 136 valence electrons. The van der Waals surface area contributed by atoms with Crippen LogP contribution in [0.2, 0.25) is 0 Å². The summed E-state index contributed by atoms with van der Waals surface area (Å²) >= 11 is 0. The van der Waals surface area contributed by atoms with Gasteiger partial charge in [0, 0.05) is 23.2 Å². The SMILES string of the molecule is CC(C)(C)c1ccc(C(=O)Nc2ccc(NC(=O)C3CC3)cc2O)cc1. The molecule has 1 saturated carbocycles. The quantitative estimate of drug-likeness (QED) is 0.718. The molecule has 0 heterocycles. The number of phenols is 1. The Kier molecular flexibility index (Phi) is 4.72. The average molecular weight is 352 g/mol. The molecule has 2 amide bonds. The van der Waals surface area contributed by atoms with Gasteiger partial charge in [-0.25, -0.2) is 0 Å². The lowest BCUT2D eigenvalue weighted by molar-refractivity contribution is -0.117. The Morgan fingerprint density at radius 1 is 1.00 bits per heavy atom. The number of rotatable bonds is 4. The van der Waals surface area contributed by atoms with Crippen LogP contribution >= 0.6 is 0 Å². The van der Waals surface area contributed by atoms with E-state index < -0.39 is 0 Å². The van der Waals surface area contributed by atoms with Gasteiger partial charge in [-0.15, -0.1) is 0 Å². The predicted octanol–water partition coefficient (Wildman–Crippen LogP) is 4.29. The van der Waals surface area contributed by atoms with Gasteiger partial charge in [-0.05, 0) is 48.1 Å². The molecule has 0 saturated heterocycles. The van der Waals surface area contributed by atoms with Crippen LogP contribution in [0.1, 0.15) is 49.5 Å². The fraction of sp³-hybridized carbons (Fsp3) is 0.333. The van der Waals surface area contributed by atoms with Crippen LogP contribution in [0.3, 0.4) is 0 Å². The van der Waals surface area contributed by atoms with Crippen LogP contribution in [0.4, 0.5) is 11.4 Å². The number of phenolic OH excluding ortho intramolecular Hbond substituents is 1. The van der Waals surface area contributed by atoms with E-state index in [4.69, 9.17) is 0 Å². The summed E-state index contributed by atoms with van der Waals surface area (Å²) in [6, 6.07) is 12.1. The molecule has 0 aliphatic heterocycles. The molecule has 0 bridgehead atoms. The van der Waals surface area contributed by atoms with Gasteiger partial charge in [0.25, 0.3) is 5.91 Å². The van der Waals surface area contributed by atoms with Crippen LogP contribution < -0.4 is 10.6 Å². The number of carbonyl (C=O) groups excluding carboxylic acids is 2. The lowest BCUT2D eigenvalue weighted by Crippen LogP contribution is -2.15. The van der Waals surface area contributed by atoms with Crippen molar-refractivity contribution in [3.63, 3.8) is 0 Å². The maximum absolute atomic E-state index is 12.4. The summed E-state index contributed by atoms with van der Waals surface area (Å²) in [5.41, 5.74) is 2.51. The van der Waals surface area contributed by atoms with Gasteiger partial charge in [-0.2, -0.15) is 0 Å². The Morgan fingerprint density at radius 3 is 2.19 bits per heavy atom. The number of amides is 2. The lowest BCUT2D eigenvalue weighted by Gasteiger charge is -2.19. The monoisotopic (exact) mass is 352 g/mol. The highest BCUT2D eigenvalue weighted by Gasteiger charge is 2.29. The Bertz CT molecular complexity index is 831. The molecule has 1 aliphatic carbocycles. The molecular formula is C21H24N2O3. The molecule has 3 N–H and O–H groups in total. The van der Waals surface area contributed by atoms with E-state index in [-0.39, 0.29) is 28.9 Å². The van der Waals surface area contributed by atoms with Crippen molar-refractivity contribution in [3.05, 3.63) is 53.6 Å². The molecule has 2 aromatic carbocycles. The summed E-state index contributed by atoms with van der Waals surface area (Å²) in [4.78, 5) is 24.2. The van der Waals surface area contributed by atoms with Gasteiger partial charge in [-0.3, -0.25) is 9.59 Å². The third-order valence-corrected chi connectivity index (χ3v) is 4.47. The minimum absolute atomic E-state index is 0.0218. The first-order chi connectivity index (χ1) is 12.2. The van der Waals surface area contributed by atoms with Crippen LogP contribution in [0.15, 0.2) is 42.5 Å². The summed E-state index contributed by atoms with van der Waals surface area (Å²) < 4.78 is 0. The highest BCUT2D eigenvalue weighted by atomic mass is 16.3. The van der Waals surface area contributed by atoms with E-state index >= 15 is 0 Å². The molecule has 26 heavy (non-hydrogen) atoms. The van der Waals surface area contributed by atoms with Gasteiger partial charge in [0.05, 0.1) is 5.69 Å². The zero-order valence-electron chi connectivity index (χ0n) is 15.3. The molecule has 0 atom stereocenters. The standard InChI is InChI=1S/C21H24N2O3/c1-21(2,3)15-8-6-14(7-9-15)20(26)23-17-11-10-16(12-18(17)24)22-19(25)13-4-5-13/h6-13,24H,4-5H2,1-3H3,(H,22,25)(H,23,26). The van der Waals surface area contributed by atoms with Gasteiger partial charge >= 0.3 is 0 Å². The topological polar surface area (TPSA) is 78.4 Å². The molecule has 0 spiro atoms. The number of hydrogen-bond donors (Lipinski definition) is 3. The molecule has 0 radical (unpaired) electrons. The molecule has 5 nitrogen and oxygen atoms in total. The van der Waals surface area contributed by atoms with Crippen LogP contribution in [0, 0.1) is 5.92 Å². The van der Waals surface area contributed by atoms with E-state index in [9.17, 15) is 14.7 Å². The number of hydrogen-bond acceptors (Lipinski definition) is 3. The molecule has 3 rings (SSSR count). The predicted molar refractivity (Wildman–Crippen MR) is 103 cm³/mol. The normalized spacial score (nSPS) is 14.0. The molecular weight excluding hydrogens is 328 g/mol. The van der Waals surface area contributed by atoms with E-state index in [0.717, 1.165) is 18.4 Å². The Labute approximate surface area is 153 Å². The number of carbonyl (C=O) groups is 2. The largest absolute Gasteiger partial charge is 0.506 e. The molecule has 0 aromatic heterocycles. The van der Waals surface area contributed by atoms with Crippen LogP contribution in [0.25, 0.3) is 0 Å². The first-order valence-corrected chi connectivity index (χ1v) is 8.80. The fourth-order valence-corrected chi connectivity index (χ4v) is 2.62. The van der Waals surface area contributed by atoms with E-state index in [1.54, 1.807) is 24.3 Å². The van der Waals surface area contributed by atoms with Crippen LogP contribution in [0.5, 0.6) is 5.75 Å². The molecule has 1 fully saturated rings. The lowest BCUT2D eigenvalue weighted by atomic mass is 9.87. The van der Waals surface area contributed by atoms with E-state index in [0.29, 0.717) is 16.9 Å². The minimum atomic E-state index is -0.296. The zero-order valence-corrected chi connectivity index (χ0v) is 15.3. The summed E-state index contributed by atoms with van der Waals surface area (Å²) in [6.07, 6.45) is 1.83. The Balaban J connectivity index is 1.67. The van der Waals surface area contributed by atoms with Crippen LogP contribution in [-0.4, -0.2) is 16.9 Å². The van der Waals surface area contributed by atoms with E-state index in [2.05, 4.69) is 31.4 Å². The van der Waals surface area contributed by atoms with E-state index in [1.165, 1.54) is 6.07 Å². The van der Waals surface area contributed by atoms with Crippen molar-refractivity contribution in [2.24, 2.45) is 5.92 Å². The first-order valence-electron chi connectivity index (χ1n) is 8.80. The number of nitrogens with one attached hydrogen (secondary N) is 2. The van der Waals surface area contributed by atoms with Crippen molar-refractivity contribution >= 4 is 23.2 Å². The minimum Gasteiger partial charge on any atom is -0.506 e. The van der Waals surface area contributed by atoms with Gasteiger partial charge in [-0.1, -0.05) is 32.9 Å². The summed E-state index contributed by atoms with van der Waals surface area (Å²) in [5, 5.41) is 15.6. The van der Waals surface area contributed by atoms with Crippen LogP contribution in [-0.2, 0) is 10.2 Å². The maximum Gasteiger partial charge on any atom is 0.255 e. The van der Waals surface area contributed by atoms with Gasteiger partial charge < -0.3 is 15.7 Å². The first kappa shape index (κ1) is 18.0. The van der Waals surface area contributed by atoms with Crippen molar-refractivity contribution in [3.8, 4) is 5.75 Å². The van der Waals surface area contributed by atoms with E-state index in [1.807, 2.05) is 12.1 Å². The van der Waals surface area contributed by atoms with Gasteiger partial charge in [0.2, 0.25) is 5.91 Å². The zero-order chi connectivity index (χ0) is 18.9. The molecule has 0 unspecified atom stereocenters. The van der Waals surface area contributed by atoms with Gasteiger partial charge in [0.1, 0.15) is 5.75 Å². The Morgan fingerprint density at radius 2 is 1.65 bits per heavy atom. The van der Waals surface area contributed by atoms with Crippen molar-refractivity contribution in [1.29, 1.82) is 0 Å². The average Bonchev–Trinajstić information content (AvgIpc) is 3.41. The van der Waals surface area contributed by atoms with Crippen molar-refractivity contribution < 1.29 is 14.7 Å². The van der Waals surface area contributed by atoms with Crippen molar-refractivity contribution in [2.45, 2.75) is 39.0 Å².